The Kier molecular flexibility index (Phi) is 7.90. The standard InChI is InChI=1S/C35H56N2/c1-7-26(24(2)3)14-13-25(4)31-17-18-32-30-16-15-27-23-29(37(36)28-11-9-8-10-12-28)19-21-34(27,5)33(30)20-22-35(31,32)6/h8-12,15,24-26,29-33H,7,13-14,16-23,36H2,1-6H3/t25-,26-,29-,30+,31-,32+,33+,34-,35+/m0/s1. The first-order valence-corrected chi connectivity index (χ1v) is 16.0. The Morgan fingerprint density at radius 1 is 0.946 bits per heavy atom. The van der Waals surface area contributed by atoms with Crippen LogP contribution in [-0.2, 0) is 0 Å². The number of hydrogen-bond acceptors (Lipinski definition) is 2. The normalized spacial score (nSPS) is 38.8. The first-order valence-electron chi connectivity index (χ1n) is 16.0. The van der Waals surface area contributed by atoms with Crippen LogP contribution in [0.3, 0.4) is 0 Å². The molecule has 3 fully saturated rings. The highest BCUT2D eigenvalue weighted by Crippen LogP contribution is 2.67. The maximum absolute atomic E-state index is 6.67. The Bertz CT molecular complexity index is 936. The fraction of sp³-hybridized carbons (Fsp3) is 0.771. The van der Waals surface area contributed by atoms with Crippen LogP contribution in [-0.4, -0.2) is 6.04 Å². The molecule has 4 aliphatic rings. The van der Waals surface area contributed by atoms with Gasteiger partial charge in [-0.25, -0.2) is 5.84 Å². The number of rotatable bonds is 8. The van der Waals surface area contributed by atoms with Crippen molar-refractivity contribution in [3.63, 3.8) is 0 Å². The van der Waals surface area contributed by atoms with Crippen molar-refractivity contribution in [3.8, 4) is 0 Å². The number of benzene rings is 1. The van der Waals surface area contributed by atoms with E-state index in [0.717, 1.165) is 53.5 Å². The zero-order valence-corrected chi connectivity index (χ0v) is 24.9. The van der Waals surface area contributed by atoms with E-state index in [-0.39, 0.29) is 0 Å². The van der Waals surface area contributed by atoms with Crippen molar-refractivity contribution in [3.05, 3.63) is 42.0 Å². The van der Waals surface area contributed by atoms with Crippen molar-refractivity contribution in [1.29, 1.82) is 0 Å². The van der Waals surface area contributed by atoms with Gasteiger partial charge in [-0.3, -0.25) is 0 Å². The van der Waals surface area contributed by atoms with Crippen LogP contribution in [0.2, 0.25) is 0 Å². The Morgan fingerprint density at radius 3 is 2.41 bits per heavy atom. The van der Waals surface area contributed by atoms with Gasteiger partial charge in [-0.15, -0.1) is 0 Å². The van der Waals surface area contributed by atoms with Gasteiger partial charge in [0.1, 0.15) is 0 Å². The second kappa shape index (κ2) is 10.7. The molecule has 9 atom stereocenters. The summed E-state index contributed by atoms with van der Waals surface area (Å²) in [6.45, 7) is 15.2. The van der Waals surface area contributed by atoms with Gasteiger partial charge in [0.2, 0.25) is 0 Å². The van der Waals surface area contributed by atoms with Gasteiger partial charge < -0.3 is 5.01 Å². The third-order valence-corrected chi connectivity index (χ3v) is 12.7. The van der Waals surface area contributed by atoms with Gasteiger partial charge in [-0.2, -0.15) is 0 Å². The smallest absolute Gasteiger partial charge is 0.0520 e. The second-order valence-electron chi connectivity index (χ2n) is 14.6. The SMILES string of the molecule is CC[C@@H](CC[C@H](C)[C@@H]1CC[C@@H]2[C@H]3CC=C4C[C@@H](N(N)c5ccccc5)CC[C@]4(C)[C@@H]3CC[C@@]21C)C(C)C. The number of fused-ring (bicyclic) bond motifs is 5. The Morgan fingerprint density at radius 2 is 1.70 bits per heavy atom. The molecule has 2 N–H and O–H groups in total. The maximum Gasteiger partial charge on any atom is 0.0520 e. The van der Waals surface area contributed by atoms with Gasteiger partial charge in [0.05, 0.1) is 5.69 Å². The van der Waals surface area contributed by atoms with Crippen LogP contribution < -0.4 is 10.9 Å². The van der Waals surface area contributed by atoms with Crippen molar-refractivity contribution in [1.82, 2.24) is 0 Å². The van der Waals surface area contributed by atoms with Crippen LogP contribution in [0.5, 0.6) is 0 Å². The van der Waals surface area contributed by atoms with E-state index in [1.165, 1.54) is 64.2 Å². The van der Waals surface area contributed by atoms with Crippen LogP contribution in [0.1, 0.15) is 112 Å². The Balaban J connectivity index is 1.28. The topological polar surface area (TPSA) is 29.3 Å². The predicted molar refractivity (Wildman–Crippen MR) is 159 cm³/mol. The monoisotopic (exact) mass is 504 g/mol. The molecule has 0 heterocycles. The highest BCUT2D eigenvalue weighted by atomic mass is 15.4. The number of allylic oxidation sites excluding steroid dienone is 1. The third kappa shape index (κ3) is 4.83. The zero-order chi connectivity index (χ0) is 26.4. The van der Waals surface area contributed by atoms with Gasteiger partial charge >= 0.3 is 0 Å². The van der Waals surface area contributed by atoms with E-state index in [9.17, 15) is 0 Å². The quantitative estimate of drug-likeness (QED) is 0.217. The van der Waals surface area contributed by atoms with Gasteiger partial charge in [0.25, 0.3) is 0 Å². The minimum Gasteiger partial charge on any atom is -0.308 e. The van der Waals surface area contributed by atoms with Gasteiger partial charge in [0, 0.05) is 6.04 Å². The highest BCUT2D eigenvalue weighted by Gasteiger charge is 2.59. The lowest BCUT2D eigenvalue weighted by atomic mass is 9.47. The molecule has 0 aliphatic heterocycles. The molecular weight excluding hydrogens is 448 g/mol. The van der Waals surface area contributed by atoms with Crippen molar-refractivity contribution in [2.24, 2.45) is 58.1 Å². The Labute approximate surface area is 228 Å². The minimum atomic E-state index is 0.396. The summed E-state index contributed by atoms with van der Waals surface area (Å²) in [5.74, 6) is 13.0. The van der Waals surface area contributed by atoms with E-state index in [0.29, 0.717) is 16.9 Å². The van der Waals surface area contributed by atoms with Gasteiger partial charge in [-0.1, -0.05) is 84.2 Å². The molecule has 0 unspecified atom stereocenters. The molecule has 0 spiro atoms. The average molecular weight is 505 g/mol. The minimum absolute atomic E-state index is 0.396. The van der Waals surface area contributed by atoms with E-state index in [2.05, 4.69) is 83.0 Å². The number of nitrogens with zero attached hydrogens (tertiary/aromatic N) is 1. The molecule has 4 aliphatic carbocycles. The van der Waals surface area contributed by atoms with Crippen molar-refractivity contribution in [2.45, 2.75) is 118 Å². The summed E-state index contributed by atoms with van der Waals surface area (Å²) in [5.41, 5.74) is 3.86. The first-order chi connectivity index (χ1) is 17.7. The van der Waals surface area contributed by atoms with Crippen molar-refractivity contribution >= 4 is 5.69 Å². The number of anilines is 1. The summed E-state index contributed by atoms with van der Waals surface area (Å²) >= 11 is 0. The number of hydrogen-bond donors (Lipinski definition) is 1. The number of para-hydroxylation sites is 1. The van der Waals surface area contributed by atoms with E-state index in [1.54, 1.807) is 5.57 Å². The summed E-state index contributed by atoms with van der Waals surface area (Å²) in [4.78, 5) is 0. The van der Waals surface area contributed by atoms with E-state index >= 15 is 0 Å². The molecule has 0 aromatic heterocycles. The van der Waals surface area contributed by atoms with Gasteiger partial charge in [0.15, 0.2) is 0 Å². The molecule has 5 rings (SSSR count). The molecule has 206 valence electrons. The number of hydrazine groups is 1. The summed E-state index contributed by atoms with van der Waals surface area (Å²) < 4.78 is 0. The van der Waals surface area contributed by atoms with E-state index in [1.807, 2.05) is 0 Å². The summed E-state index contributed by atoms with van der Waals surface area (Å²) in [7, 11) is 0. The summed E-state index contributed by atoms with van der Waals surface area (Å²) in [6.07, 6.45) is 17.8. The molecule has 0 radical (unpaired) electrons. The summed E-state index contributed by atoms with van der Waals surface area (Å²) in [6, 6.07) is 11.0. The fourth-order valence-corrected chi connectivity index (χ4v) is 10.4. The van der Waals surface area contributed by atoms with Crippen molar-refractivity contribution in [2.75, 3.05) is 5.01 Å². The fourth-order valence-electron chi connectivity index (χ4n) is 10.4. The first kappa shape index (κ1) is 27.3. The second-order valence-corrected chi connectivity index (χ2v) is 14.6. The van der Waals surface area contributed by atoms with Gasteiger partial charge in [-0.05, 0) is 122 Å². The molecule has 2 heteroatoms. The van der Waals surface area contributed by atoms with Crippen LogP contribution in [0.25, 0.3) is 0 Å². The molecule has 2 nitrogen and oxygen atoms in total. The number of nitrogens with two attached hydrogens (primary N) is 1. The van der Waals surface area contributed by atoms with Crippen LogP contribution in [0.4, 0.5) is 5.69 Å². The van der Waals surface area contributed by atoms with Crippen LogP contribution in [0, 0.1) is 52.3 Å². The molecule has 1 aromatic rings. The summed E-state index contributed by atoms with van der Waals surface area (Å²) in [5, 5.41) is 2.07. The molecule has 37 heavy (non-hydrogen) atoms. The molecule has 0 saturated heterocycles. The molecule has 3 saturated carbocycles. The van der Waals surface area contributed by atoms with Crippen LogP contribution in [0.15, 0.2) is 42.0 Å². The van der Waals surface area contributed by atoms with Crippen LogP contribution >= 0.6 is 0 Å². The largest absolute Gasteiger partial charge is 0.308 e. The maximum atomic E-state index is 6.67. The molecule has 1 aromatic carbocycles. The molecular formula is C35H56N2. The third-order valence-electron chi connectivity index (χ3n) is 12.7. The lowest BCUT2D eigenvalue weighted by molar-refractivity contribution is -0.0512. The highest BCUT2D eigenvalue weighted by molar-refractivity contribution is 5.46. The molecule has 0 bridgehead atoms. The lowest BCUT2D eigenvalue weighted by Gasteiger charge is -2.59. The Hall–Kier alpha value is -1.28. The van der Waals surface area contributed by atoms with Crippen molar-refractivity contribution < 1.29 is 0 Å². The molecule has 0 amide bonds. The van der Waals surface area contributed by atoms with E-state index in [4.69, 9.17) is 5.84 Å². The lowest BCUT2D eigenvalue weighted by Crippen LogP contribution is -2.53. The average Bonchev–Trinajstić information content (AvgIpc) is 3.25. The zero-order valence-electron chi connectivity index (χ0n) is 24.9. The predicted octanol–water partition coefficient (Wildman–Crippen LogP) is 9.41. The van der Waals surface area contributed by atoms with E-state index < -0.39 is 0 Å².